The Morgan fingerprint density at radius 3 is 2.75 bits per heavy atom. The Balaban J connectivity index is 0.00000121. The van der Waals surface area contributed by atoms with Crippen molar-refractivity contribution >= 4 is 18.2 Å². The molecule has 0 aromatic heterocycles. The molecule has 72 valence electrons. The highest BCUT2D eigenvalue weighted by Crippen LogP contribution is 2.16. The molecule has 1 aliphatic rings. The van der Waals surface area contributed by atoms with Crippen LogP contribution in [0, 0.1) is 0 Å². The number of nitrogens with two attached hydrogens (primary N) is 1. The van der Waals surface area contributed by atoms with E-state index in [9.17, 15) is 0 Å². The molecule has 2 N–H and O–H groups in total. The van der Waals surface area contributed by atoms with Gasteiger partial charge in [0.05, 0.1) is 11.9 Å². The highest BCUT2D eigenvalue weighted by molar-refractivity contribution is 5.85. The minimum absolute atomic E-state index is 0. The molecule has 0 aliphatic carbocycles. The second-order valence-electron chi connectivity index (χ2n) is 3.31. The lowest BCUT2D eigenvalue weighted by molar-refractivity contribution is 0.560. The van der Waals surface area contributed by atoms with Crippen LogP contribution in [0.25, 0.3) is 0 Å². The molecule has 12 heavy (non-hydrogen) atoms. The number of rotatable bonds is 4. The van der Waals surface area contributed by atoms with Gasteiger partial charge in [0.15, 0.2) is 0 Å². The van der Waals surface area contributed by atoms with E-state index >= 15 is 0 Å². The third-order valence-corrected chi connectivity index (χ3v) is 2.22. The van der Waals surface area contributed by atoms with Gasteiger partial charge in [-0.15, -0.1) is 12.4 Å². The maximum absolute atomic E-state index is 5.58. The van der Waals surface area contributed by atoms with Gasteiger partial charge in [-0.1, -0.05) is 26.2 Å². The van der Waals surface area contributed by atoms with Crippen molar-refractivity contribution in [2.24, 2.45) is 10.7 Å². The number of nitrogens with zero attached hydrogens (tertiary/aromatic N) is 1. The van der Waals surface area contributed by atoms with Gasteiger partial charge < -0.3 is 5.73 Å². The summed E-state index contributed by atoms with van der Waals surface area (Å²) in [5.74, 6) is 0.867. The van der Waals surface area contributed by atoms with Crippen molar-refractivity contribution in [1.29, 1.82) is 0 Å². The SMILES string of the molecule is CCCCCC1CCC(N)=N1.Cl. The standard InChI is InChI=1S/C9H18N2.ClH/c1-2-3-4-5-8-6-7-9(10)11-8;/h8H,2-7H2,1H3,(H2,10,11);1H. The van der Waals surface area contributed by atoms with Crippen LogP contribution in [0.1, 0.15) is 45.4 Å². The summed E-state index contributed by atoms with van der Waals surface area (Å²) in [7, 11) is 0. The molecule has 0 spiro atoms. The lowest BCUT2D eigenvalue weighted by Gasteiger charge is -2.03. The fourth-order valence-electron chi connectivity index (χ4n) is 1.52. The molecule has 2 nitrogen and oxygen atoms in total. The number of unbranched alkanes of at least 4 members (excludes halogenated alkanes) is 2. The number of halogens is 1. The van der Waals surface area contributed by atoms with Gasteiger partial charge in [0, 0.05) is 6.42 Å². The number of hydrogen-bond acceptors (Lipinski definition) is 2. The first-order valence-electron chi connectivity index (χ1n) is 4.65. The van der Waals surface area contributed by atoms with Crippen LogP contribution in [-0.4, -0.2) is 11.9 Å². The molecule has 0 amide bonds. The number of amidine groups is 1. The Morgan fingerprint density at radius 2 is 2.25 bits per heavy atom. The van der Waals surface area contributed by atoms with Crippen LogP contribution < -0.4 is 5.73 Å². The predicted molar refractivity (Wildman–Crippen MR) is 56.0 cm³/mol. The predicted octanol–water partition coefficient (Wildman–Crippen LogP) is 2.51. The van der Waals surface area contributed by atoms with Gasteiger partial charge in [-0.3, -0.25) is 4.99 Å². The zero-order chi connectivity index (χ0) is 8.10. The molecule has 1 heterocycles. The summed E-state index contributed by atoms with van der Waals surface area (Å²) in [6, 6.07) is 0.557. The molecule has 0 saturated heterocycles. The van der Waals surface area contributed by atoms with E-state index in [1.165, 1.54) is 32.1 Å². The minimum Gasteiger partial charge on any atom is -0.387 e. The molecule has 1 atom stereocenters. The van der Waals surface area contributed by atoms with Gasteiger partial charge in [-0.05, 0) is 12.8 Å². The molecule has 1 aliphatic heterocycles. The fraction of sp³-hybridized carbons (Fsp3) is 0.889. The third kappa shape index (κ3) is 3.96. The monoisotopic (exact) mass is 190 g/mol. The van der Waals surface area contributed by atoms with E-state index in [2.05, 4.69) is 11.9 Å². The van der Waals surface area contributed by atoms with Crippen molar-refractivity contribution in [3.8, 4) is 0 Å². The Kier molecular flexibility index (Phi) is 6.17. The van der Waals surface area contributed by atoms with Crippen molar-refractivity contribution in [3.63, 3.8) is 0 Å². The summed E-state index contributed by atoms with van der Waals surface area (Å²) in [6.07, 6.45) is 7.41. The van der Waals surface area contributed by atoms with Crippen LogP contribution in [0.4, 0.5) is 0 Å². The van der Waals surface area contributed by atoms with Crippen molar-refractivity contribution in [3.05, 3.63) is 0 Å². The van der Waals surface area contributed by atoms with Gasteiger partial charge >= 0.3 is 0 Å². The molecule has 0 radical (unpaired) electrons. The van der Waals surface area contributed by atoms with Gasteiger partial charge in [0.1, 0.15) is 0 Å². The maximum Gasteiger partial charge on any atom is 0.0941 e. The van der Waals surface area contributed by atoms with E-state index in [1.807, 2.05) is 0 Å². The Morgan fingerprint density at radius 1 is 1.50 bits per heavy atom. The highest BCUT2D eigenvalue weighted by Gasteiger charge is 2.13. The van der Waals surface area contributed by atoms with Gasteiger partial charge in [0.2, 0.25) is 0 Å². The summed E-state index contributed by atoms with van der Waals surface area (Å²) in [4.78, 5) is 4.35. The topological polar surface area (TPSA) is 38.4 Å². The molecule has 0 aromatic carbocycles. The van der Waals surface area contributed by atoms with E-state index in [0.29, 0.717) is 6.04 Å². The minimum atomic E-state index is 0. The summed E-state index contributed by atoms with van der Waals surface area (Å²) in [5.41, 5.74) is 5.58. The first kappa shape index (κ1) is 11.8. The van der Waals surface area contributed by atoms with Crippen LogP contribution >= 0.6 is 12.4 Å². The average molecular weight is 191 g/mol. The van der Waals surface area contributed by atoms with Gasteiger partial charge in [0.25, 0.3) is 0 Å². The van der Waals surface area contributed by atoms with Crippen LogP contribution in [0.2, 0.25) is 0 Å². The van der Waals surface area contributed by atoms with E-state index in [1.54, 1.807) is 0 Å². The van der Waals surface area contributed by atoms with Gasteiger partial charge in [-0.25, -0.2) is 0 Å². The molecule has 0 fully saturated rings. The van der Waals surface area contributed by atoms with Crippen LogP contribution in [-0.2, 0) is 0 Å². The van der Waals surface area contributed by atoms with Gasteiger partial charge in [-0.2, -0.15) is 0 Å². The molecular weight excluding hydrogens is 172 g/mol. The van der Waals surface area contributed by atoms with E-state index in [-0.39, 0.29) is 12.4 Å². The Bertz CT molecular complexity index is 145. The second-order valence-corrected chi connectivity index (χ2v) is 3.31. The summed E-state index contributed by atoms with van der Waals surface area (Å²) in [5, 5.41) is 0. The molecule has 1 rings (SSSR count). The third-order valence-electron chi connectivity index (χ3n) is 2.22. The number of hydrogen-bond donors (Lipinski definition) is 1. The van der Waals surface area contributed by atoms with Crippen molar-refractivity contribution in [1.82, 2.24) is 0 Å². The number of aliphatic imine (C=N–C) groups is 1. The lowest BCUT2D eigenvalue weighted by atomic mass is 10.1. The molecule has 1 unspecified atom stereocenters. The van der Waals surface area contributed by atoms with Crippen LogP contribution in [0.3, 0.4) is 0 Å². The maximum atomic E-state index is 5.58. The Hall–Kier alpha value is -0.240. The molecule has 0 bridgehead atoms. The van der Waals surface area contributed by atoms with Crippen LogP contribution in [0.5, 0.6) is 0 Å². The van der Waals surface area contributed by atoms with Crippen molar-refractivity contribution < 1.29 is 0 Å². The van der Waals surface area contributed by atoms with E-state index in [0.717, 1.165) is 12.3 Å². The zero-order valence-electron chi connectivity index (χ0n) is 7.75. The van der Waals surface area contributed by atoms with Crippen molar-refractivity contribution in [2.75, 3.05) is 0 Å². The zero-order valence-corrected chi connectivity index (χ0v) is 8.57. The van der Waals surface area contributed by atoms with E-state index < -0.39 is 0 Å². The largest absolute Gasteiger partial charge is 0.387 e. The van der Waals surface area contributed by atoms with Crippen molar-refractivity contribution in [2.45, 2.75) is 51.5 Å². The summed E-state index contributed by atoms with van der Waals surface area (Å²) >= 11 is 0. The first-order chi connectivity index (χ1) is 5.33. The van der Waals surface area contributed by atoms with Crippen LogP contribution in [0.15, 0.2) is 4.99 Å². The normalized spacial score (nSPS) is 21.8. The molecule has 0 aromatic rings. The molecule has 0 saturated carbocycles. The average Bonchev–Trinajstić information content (AvgIpc) is 2.37. The lowest BCUT2D eigenvalue weighted by Crippen LogP contribution is -2.05. The molecular formula is C9H19ClN2. The fourth-order valence-corrected chi connectivity index (χ4v) is 1.52. The Labute approximate surface area is 81.0 Å². The smallest absolute Gasteiger partial charge is 0.0941 e. The first-order valence-corrected chi connectivity index (χ1v) is 4.65. The summed E-state index contributed by atoms with van der Waals surface area (Å²) in [6.45, 7) is 2.23. The molecule has 3 heteroatoms. The quantitative estimate of drug-likeness (QED) is 0.680. The highest BCUT2D eigenvalue weighted by atomic mass is 35.5. The summed E-state index contributed by atoms with van der Waals surface area (Å²) < 4.78 is 0. The van der Waals surface area contributed by atoms with E-state index in [4.69, 9.17) is 5.73 Å². The second kappa shape index (κ2) is 6.30.